The van der Waals surface area contributed by atoms with Gasteiger partial charge < -0.3 is 5.32 Å². The molecule has 0 aliphatic carbocycles. The summed E-state index contributed by atoms with van der Waals surface area (Å²) in [6.45, 7) is 2.28. The van der Waals surface area contributed by atoms with Crippen LogP contribution in [-0.2, 0) is 11.0 Å². The molecule has 0 atom stereocenters. The lowest BCUT2D eigenvalue weighted by molar-refractivity contribution is -0.137. The van der Waals surface area contributed by atoms with Crippen LogP contribution in [-0.4, -0.2) is 32.8 Å². The lowest BCUT2D eigenvalue weighted by Gasteiger charge is -2.07. The molecule has 9 heteroatoms. The Bertz CT molecular complexity index is 626. The molecule has 0 unspecified atom stereocenters. The van der Waals surface area contributed by atoms with E-state index in [1.165, 1.54) is 10.5 Å². The molecule has 108 valence electrons. The molecule has 2 aromatic heterocycles. The quantitative estimate of drug-likeness (QED) is 0.878. The number of nitrogens with zero attached hydrogens (tertiary/aromatic N) is 3. The highest BCUT2D eigenvalue weighted by Crippen LogP contribution is 2.30. The van der Waals surface area contributed by atoms with E-state index in [-0.39, 0.29) is 16.8 Å². The molecule has 0 bridgehead atoms. The van der Waals surface area contributed by atoms with E-state index in [0.29, 0.717) is 12.2 Å². The molecule has 0 aliphatic heterocycles. The Morgan fingerprint density at radius 3 is 2.80 bits per heavy atom. The van der Waals surface area contributed by atoms with Crippen molar-refractivity contribution >= 4 is 23.3 Å². The van der Waals surface area contributed by atoms with E-state index in [2.05, 4.69) is 15.5 Å². The summed E-state index contributed by atoms with van der Waals surface area (Å²) in [5.74, 6) is -0.133. The fourth-order valence-electron chi connectivity index (χ4n) is 1.51. The maximum atomic E-state index is 12.6. The van der Waals surface area contributed by atoms with E-state index < -0.39 is 11.7 Å². The molecule has 2 aromatic rings. The summed E-state index contributed by atoms with van der Waals surface area (Å²) < 4.78 is 39.2. The molecule has 20 heavy (non-hydrogen) atoms. The van der Waals surface area contributed by atoms with Crippen LogP contribution in [0.25, 0.3) is 5.65 Å². The van der Waals surface area contributed by atoms with Crippen LogP contribution >= 0.6 is 11.8 Å². The molecular formula is C11H11F3N4OS. The lowest BCUT2D eigenvalue weighted by atomic mass is 10.3. The number of hydrogen-bond acceptors (Lipinski definition) is 4. The number of pyridine rings is 1. The third kappa shape index (κ3) is 3.21. The minimum absolute atomic E-state index is 0.0743. The number of carbonyl (C=O) groups is 1. The Kier molecular flexibility index (Phi) is 4.17. The third-order valence-electron chi connectivity index (χ3n) is 2.40. The summed E-state index contributed by atoms with van der Waals surface area (Å²) in [6, 6.07) is 2.19. The Balaban J connectivity index is 2.23. The van der Waals surface area contributed by atoms with Gasteiger partial charge in [0.05, 0.1) is 11.3 Å². The van der Waals surface area contributed by atoms with E-state index in [1.807, 2.05) is 0 Å². The Morgan fingerprint density at radius 1 is 1.40 bits per heavy atom. The first-order valence-corrected chi connectivity index (χ1v) is 6.72. The number of aromatic nitrogens is 3. The first kappa shape index (κ1) is 14.6. The van der Waals surface area contributed by atoms with Crippen molar-refractivity contribution in [3.63, 3.8) is 0 Å². The maximum Gasteiger partial charge on any atom is 0.417 e. The molecule has 0 saturated carbocycles. The van der Waals surface area contributed by atoms with Crippen LogP contribution in [0.4, 0.5) is 13.2 Å². The molecule has 0 aromatic carbocycles. The SMILES string of the molecule is CCNC(=O)CSc1nnc2ccc(C(F)(F)F)cn12. The zero-order valence-electron chi connectivity index (χ0n) is 10.4. The average Bonchev–Trinajstić information content (AvgIpc) is 2.78. The van der Waals surface area contributed by atoms with Gasteiger partial charge in [0.25, 0.3) is 0 Å². The molecule has 0 saturated heterocycles. The highest BCUT2D eigenvalue weighted by atomic mass is 32.2. The molecule has 0 spiro atoms. The highest BCUT2D eigenvalue weighted by molar-refractivity contribution is 7.99. The Labute approximate surface area is 116 Å². The van der Waals surface area contributed by atoms with Gasteiger partial charge in [0.2, 0.25) is 5.91 Å². The second-order valence-electron chi connectivity index (χ2n) is 3.87. The van der Waals surface area contributed by atoms with Gasteiger partial charge in [-0.05, 0) is 19.1 Å². The average molecular weight is 304 g/mol. The fourth-order valence-corrected chi connectivity index (χ4v) is 2.26. The molecule has 0 fully saturated rings. The van der Waals surface area contributed by atoms with Crippen LogP contribution in [0.15, 0.2) is 23.5 Å². The molecular weight excluding hydrogens is 293 g/mol. The molecule has 1 amide bonds. The van der Waals surface area contributed by atoms with Crippen LogP contribution in [0.5, 0.6) is 0 Å². The standard InChI is InChI=1S/C11H11F3N4OS/c1-2-15-9(19)6-20-10-17-16-8-4-3-7(5-18(8)10)11(12,13)14/h3-5H,2,6H2,1H3,(H,15,19). The summed E-state index contributed by atoms with van der Waals surface area (Å²) in [6.07, 6.45) is -3.50. The Morgan fingerprint density at radius 2 is 2.15 bits per heavy atom. The van der Waals surface area contributed by atoms with E-state index in [9.17, 15) is 18.0 Å². The summed E-state index contributed by atoms with van der Waals surface area (Å²) >= 11 is 1.03. The number of amides is 1. The van der Waals surface area contributed by atoms with Crippen molar-refractivity contribution in [1.82, 2.24) is 19.9 Å². The number of fused-ring (bicyclic) bond motifs is 1. The van der Waals surface area contributed by atoms with Gasteiger partial charge in [-0.2, -0.15) is 13.2 Å². The predicted octanol–water partition coefficient (Wildman–Crippen LogP) is 1.98. The number of alkyl halides is 3. The predicted molar refractivity (Wildman–Crippen MR) is 67.4 cm³/mol. The highest BCUT2D eigenvalue weighted by Gasteiger charge is 2.31. The van der Waals surface area contributed by atoms with Crippen molar-refractivity contribution in [1.29, 1.82) is 0 Å². The molecule has 0 aliphatic rings. The van der Waals surface area contributed by atoms with E-state index in [0.717, 1.165) is 24.0 Å². The van der Waals surface area contributed by atoms with Gasteiger partial charge in [-0.3, -0.25) is 9.20 Å². The molecule has 0 radical (unpaired) electrons. The summed E-state index contributed by atoms with van der Waals surface area (Å²) in [7, 11) is 0. The van der Waals surface area contributed by atoms with Crippen LogP contribution in [0.2, 0.25) is 0 Å². The first-order chi connectivity index (χ1) is 9.41. The molecule has 2 heterocycles. The topological polar surface area (TPSA) is 59.3 Å². The first-order valence-electron chi connectivity index (χ1n) is 5.73. The molecule has 1 N–H and O–H groups in total. The van der Waals surface area contributed by atoms with Crippen molar-refractivity contribution in [2.45, 2.75) is 18.3 Å². The number of carbonyl (C=O) groups excluding carboxylic acids is 1. The number of hydrogen-bond donors (Lipinski definition) is 1. The Hall–Kier alpha value is -1.77. The van der Waals surface area contributed by atoms with Gasteiger partial charge in [-0.1, -0.05) is 11.8 Å². The van der Waals surface area contributed by atoms with Gasteiger partial charge >= 0.3 is 6.18 Å². The van der Waals surface area contributed by atoms with E-state index in [1.54, 1.807) is 6.92 Å². The lowest BCUT2D eigenvalue weighted by Crippen LogP contribution is -2.24. The fraction of sp³-hybridized carbons (Fsp3) is 0.364. The van der Waals surface area contributed by atoms with Crippen LogP contribution in [0.1, 0.15) is 12.5 Å². The van der Waals surface area contributed by atoms with Crippen LogP contribution in [0.3, 0.4) is 0 Å². The monoisotopic (exact) mass is 304 g/mol. The molecule has 2 rings (SSSR count). The molecule has 5 nitrogen and oxygen atoms in total. The summed E-state index contributed by atoms with van der Waals surface area (Å²) in [4.78, 5) is 11.3. The van der Waals surface area contributed by atoms with Gasteiger partial charge in [0, 0.05) is 12.7 Å². The second kappa shape index (κ2) is 5.70. The number of rotatable bonds is 4. The largest absolute Gasteiger partial charge is 0.417 e. The van der Waals surface area contributed by atoms with Crippen LogP contribution < -0.4 is 5.32 Å². The zero-order chi connectivity index (χ0) is 14.8. The van der Waals surface area contributed by atoms with Gasteiger partial charge in [0.1, 0.15) is 0 Å². The third-order valence-corrected chi connectivity index (χ3v) is 3.35. The van der Waals surface area contributed by atoms with Gasteiger partial charge in [-0.15, -0.1) is 10.2 Å². The van der Waals surface area contributed by atoms with E-state index >= 15 is 0 Å². The van der Waals surface area contributed by atoms with Crippen molar-refractivity contribution in [2.75, 3.05) is 12.3 Å². The van der Waals surface area contributed by atoms with Crippen LogP contribution in [0, 0.1) is 0 Å². The summed E-state index contributed by atoms with van der Waals surface area (Å²) in [5, 5.41) is 10.4. The van der Waals surface area contributed by atoms with Crippen molar-refractivity contribution in [3.05, 3.63) is 23.9 Å². The smallest absolute Gasteiger partial charge is 0.356 e. The minimum atomic E-state index is -4.43. The van der Waals surface area contributed by atoms with E-state index in [4.69, 9.17) is 0 Å². The number of halogens is 3. The van der Waals surface area contributed by atoms with Crippen molar-refractivity contribution in [2.24, 2.45) is 0 Å². The maximum absolute atomic E-state index is 12.6. The van der Waals surface area contributed by atoms with Gasteiger partial charge in [-0.25, -0.2) is 0 Å². The van der Waals surface area contributed by atoms with Gasteiger partial charge in [0.15, 0.2) is 10.8 Å². The zero-order valence-corrected chi connectivity index (χ0v) is 11.3. The normalized spacial score (nSPS) is 11.8. The second-order valence-corrected chi connectivity index (χ2v) is 4.81. The minimum Gasteiger partial charge on any atom is -0.356 e. The van der Waals surface area contributed by atoms with Crippen molar-refractivity contribution < 1.29 is 18.0 Å². The van der Waals surface area contributed by atoms with Crippen molar-refractivity contribution in [3.8, 4) is 0 Å². The summed E-state index contributed by atoms with van der Waals surface area (Å²) in [5.41, 5.74) is -0.485. The number of thioether (sulfide) groups is 1. The number of nitrogens with one attached hydrogen (secondary N) is 1.